The highest BCUT2D eigenvalue weighted by Gasteiger charge is 2.43. The number of carbonyl (C=O) groups excluding carboxylic acids is 2. The molecule has 9 nitrogen and oxygen atoms in total. The number of hydrogen-bond acceptors (Lipinski definition) is 7. The lowest BCUT2D eigenvalue weighted by molar-refractivity contribution is -0.286. The summed E-state index contributed by atoms with van der Waals surface area (Å²) in [5.74, 6) is -0.917. The van der Waals surface area contributed by atoms with Crippen LogP contribution in [0.4, 0.5) is 20.2 Å². The zero-order valence-electron chi connectivity index (χ0n) is 21.9. The number of alkyl halides is 2. The second-order valence-electron chi connectivity index (χ2n) is 9.74. The van der Waals surface area contributed by atoms with Gasteiger partial charge >= 0.3 is 6.29 Å². The predicted molar refractivity (Wildman–Crippen MR) is 146 cm³/mol. The highest BCUT2D eigenvalue weighted by atomic mass is 19.3. The molecular weight excluding hydrogens is 520 g/mol. The standard InChI is InChI=1S/C29H31F2N5O4/c30-29(31)39-25-10-9-21(18-26(25)40-29)35-27(37)22-7-1-2-8-23(22)34-19-20-11-13-32-24(17-20)28(38)33-12-3-4-14-36-15-5-6-16-36/h1-2,7-11,13,17-18,34H,3-6,12,14-16,19H2,(H,33,38)(H,35,37). The van der Waals surface area contributed by atoms with Crippen LogP contribution in [0.3, 0.4) is 0 Å². The van der Waals surface area contributed by atoms with Gasteiger partial charge in [0.25, 0.3) is 11.8 Å². The first-order valence-corrected chi connectivity index (χ1v) is 13.4. The smallest absolute Gasteiger partial charge is 0.395 e. The fourth-order valence-corrected chi connectivity index (χ4v) is 4.73. The van der Waals surface area contributed by atoms with Crippen LogP contribution in [-0.4, -0.2) is 54.2 Å². The maximum atomic E-state index is 13.3. The van der Waals surface area contributed by atoms with E-state index in [1.807, 2.05) is 0 Å². The molecule has 2 aliphatic heterocycles. The molecule has 5 rings (SSSR count). The molecule has 0 unspecified atom stereocenters. The van der Waals surface area contributed by atoms with Crippen LogP contribution in [0.2, 0.25) is 0 Å². The second kappa shape index (κ2) is 12.3. The number of aromatic nitrogens is 1. The topological polar surface area (TPSA) is 105 Å². The molecule has 0 radical (unpaired) electrons. The van der Waals surface area contributed by atoms with E-state index in [-0.39, 0.29) is 23.1 Å². The third kappa shape index (κ3) is 7.03. The number of pyridine rings is 1. The molecule has 3 heterocycles. The van der Waals surface area contributed by atoms with E-state index >= 15 is 0 Å². The zero-order valence-corrected chi connectivity index (χ0v) is 21.9. The van der Waals surface area contributed by atoms with Crippen LogP contribution in [0.5, 0.6) is 11.5 Å². The number of carbonyl (C=O) groups is 2. The highest BCUT2D eigenvalue weighted by molar-refractivity contribution is 6.08. The Bertz CT molecular complexity index is 1360. The average Bonchev–Trinajstić information content (AvgIpc) is 3.57. The number of anilines is 2. The van der Waals surface area contributed by atoms with Gasteiger partial charge in [0.2, 0.25) is 0 Å². The van der Waals surface area contributed by atoms with Crippen LogP contribution in [-0.2, 0) is 6.54 Å². The van der Waals surface area contributed by atoms with Gasteiger partial charge in [0.1, 0.15) is 5.69 Å². The van der Waals surface area contributed by atoms with Crippen molar-refractivity contribution in [2.45, 2.75) is 38.5 Å². The predicted octanol–water partition coefficient (Wildman–Crippen LogP) is 4.87. The number of nitrogens with zero attached hydrogens (tertiary/aromatic N) is 2. The van der Waals surface area contributed by atoms with Gasteiger partial charge in [-0.2, -0.15) is 0 Å². The van der Waals surface area contributed by atoms with Crippen LogP contribution >= 0.6 is 0 Å². The van der Waals surface area contributed by atoms with Gasteiger partial charge in [0, 0.05) is 36.7 Å². The summed E-state index contributed by atoms with van der Waals surface area (Å²) < 4.78 is 35.5. The lowest BCUT2D eigenvalue weighted by Crippen LogP contribution is -2.27. The fourth-order valence-electron chi connectivity index (χ4n) is 4.73. The molecule has 3 aromatic rings. The van der Waals surface area contributed by atoms with Crippen LogP contribution < -0.4 is 25.4 Å². The van der Waals surface area contributed by atoms with Gasteiger partial charge in [0.05, 0.1) is 5.56 Å². The van der Waals surface area contributed by atoms with Crippen molar-refractivity contribution >= 4 is 23.2 Å². The lowest BCUT2D eigenvalue weighted by Gasteiger charge is -2.14. The Kier molecular flexibility index (Phi) is 8.40. The maximum Gasteiger partial charge on any atom is 0.586 e. The molecule has 0 saturated carbocycles. The molecule has 1 saturated heterocycles. The van der Waals surface area contributed by atoms with Crippen molar-refractivity contribution in [2.75, 3.05) is 36.8 Å². The van der Waals surface area contributed by atoms with E-state index in [1.165, 1.54) is 44.1 Å². The Labute approximate surface area is 230 Å². The van der Waals surface area contributed by atoms with E-state index < -0.39 is 12.2 Å². The molecule has 0 atom stereocenters. The number of rotatable bonds is 11. The molecule has 0 bridgehead atoms. The summed E-state index contributed by atoms with van der Waals surface area (Å²) in [4.78, 5) is 32.3. The average molecular weight is 552 g/mol. The summed E-state index contributed by atoms with van der Waals surface area (Å²) in [6.07, 6.45) is 2.37. The largest absolute Gasteiger partial charge is 0.586 e. The first-order chi connectivity index (χ1) is 19.4. The van der Waals surface area contributed by atoms with Crippen LogP contribution in [0.15, 0.2) is 60.8 Å². The van der Waals surface area contributed by atoms with Crippen molar-refractivity contribution in [3.8, 4) is 11.5 Å². The van der Waals surface area contributed by atoms with E-state index in [0.717, 1.165) is 24.9 Å². The third-order valence-electron chi connectivity index (χ3n) is 6.76. The molecule has 0 spiro atoms. The lowest BCUT2D eigenvalue weighted by atomic mass is 10.1. The number of hydrogen-bond donors (Lipinski definition) is 3. The number of halogens is 2. The molecule has 11 heteroatoms. The number of unbranched alkanes of at least 4 members (excludes halogenated alkanes) is 1. The van der Waals surface area contributed by atoms with Crippen molar-refractivity contribution in [1.29, 1.82) is 0 Å². The summed E-state index contributed by atoms with van der Waals surface area (Å²) in [6.45, 7) is 4.38. The van der Waals surface area contributed by atoms with E-state index in [2.05, 4.69) is 35.3 Å². The molecule has 40 heavy (non-hydrogen) atoms. The third-order valence-corrected chi connectivity index (χ3v) is 6.76. The molecule has 3 N–H and O–H groups in total. The molecule has 2 aliphatic rings. The maximum absolute atomic E-state index is 13.3. The summed E-state index contributed by atoms with van der Waals surface area (Å²) in [6, 6.07) is 14.5. The van der Waals surface area contributed by atoms with Crippen LogP contribution in [0.1, 0.15) is 52.1 Å². The first kappa shape index (κ1) is 27.3. The van der Waals surface area contributed by atoms with E-state index in [4.69, 9.17) is 0 Å². The summed E-state index contributed by atoms with van der Waals surface area (Å²) in [5, 5.41) is 8.87. The van der Waals surface area contributed by atoms with Gasteiger partial charge in [0.15, 0.2) is 11.5 Å². The SMILES string of the molecule is O=C(NCCCCN1CCCC1)c1cc(CNc2ccccc2C(=O)Nc2ccc3c(c2)OC(F)(F)O3)ccn1. The minimum absolute atomic E-state index is 0.104. The van der Waals surface area contributed by atoms with Gasteiger partial charge in [-0.3, -0.25) is 14.6 Å². The van der Waals surface area contributed by atoms with Gasteiger partial charge < -0.3 is 30.3 Å². The van der Waals surface area contributed by atoms with Crippen molar-refractivity contribution in [2.24, 2.45) is 0 Å². The van der Waals surface area contributed by atoms with Gasteiger partial charge in [-0.1, -0.05) is 12.1 Å². The quantitative estimate of drug-likeness (QED) is 0.292. The number of ether oxygens (including phenoxy) is 2. The molecule has 210 valence electrons. The van der Waals surface area contributed by atoms with Gasteiger partial charge in [-0.25, -0.2) is 0 Å². The summed E-state index contributed by atoms with van der Waals surface area (Å²) >= 11 is 0. The van der Waals surface area contributed by atoms with Crippen molar-refractivity contribution in [3.63, 3.8) is 0 Å². The molecule has 2 aromatic carbocycles. The normalized spacial score (nSPS) is 15.6. The number of nitrogens with one attached hydrogen (secondary N) is 3. The Balaban J connectivity index is 1.14. The number of benzene rings is 2. The molecule has 1 aromatic heterocycles. The molecular formula is C29H31F2N5O4. The Morgan fingerprint density at radius 3 is 2.60 bits per heavy atom. The van der Waals surface area contributed by atoms with E-state index in [0.29, 0.717) is 30.0 Å². The van der Waals surface area contributed by atoms with Crippen LogP contribution in [0.25, 0.3) is 0 Å². The first-order valence-electron chi connectivity index (χ1n) is 13.4. The van der Waals surface area contributed by atoms with Crippen molar-refractivity contribution in [1.82, 2.24) is 15.2 Å². The minimum Gasteiger partial charge on any atom is -0.395 e. The number of para-hydroxylation sites is 1. The monoisotopic (exact) mass is 551 g/mol. The van der Waals surface area contributed by atoms with E-state index in [1.54, 1.807) is 42.6 Å². The number of likely N-dealkylation sites (tertiary alicyclic amines) is 1. The fraction of sp³-hybridized carbons (Fsp3) is 0.345. The minimum atomic E-state index is -3.73. The summed E-state index contributed by atoms with van der Waals surface area (Å²) in [7, 11) is 0. The van der Waals surface area contributed by atoms with Gasteiger partial charge in [-0.05, 0) is 87.3 Å². The molecule has 0 aliphatic carbocycles. The second-order valence-corrected chi connectivity index (χ2v) is 9.74. The van der Waals surface area contributed by atoms with E-state index in [9.17, 15) is 18.4 Å². The van der Waals surface area contributed by atoms with Gasteiger partial charge in [-0.15, -0.1) is 8.78 Å². The Morgan fingerprint density at radius 2 is 1.75 bits per heavy atom. The van der Waals surface area contributed by atoms with Crippen molar-refractivity contribution in [3.05, 3.63) is 77.6 Å². The number of amides is 2. The summed E-state index contributed by atoms with van der Waals surface area (Å²) in [5.41, 5.74) is 2.35. The van der Waals surface area contributed by atoms with Crippen LogP contribution in [0, 0.1) is 0 Å². The zero-order chi connectivity index (χ0) is 28.0. The van der Waals surface area contributed by atoms with Crippen molar-refractivity contribution < 1.29 is 27.8 Å². The highest BCUT2D eigenvalue weighted by Crippen LogP contribution is 2.42. The Morgan fingerprint density at radius 1 is 0.950 bits per heavy atom. The molecule has 2 amide bonds. The number of fused-ring (bicyclic) bond motifs is 1. The molecule has 1 fully saturated rings. The Hall–Kier alpha value is -4.25.